The van der Waals surface area contributed by atoms with Crippen molar-refractivity contribution in [1.82, 2.24) is 9.13 Å². The Morgan fingerprint density at radius 2 is 0.609 bits per heavy atom. The zero-order valence-corrected chi connectivity index (χ0v) is 50.4. The molecule has 4 nitrogen and oxygen atoms in total. The van der Waals surface area contributed by atoms with Gasteiger partial charge in [-0.25, -0.2) is 8.78 Å². The maximum absolute atomic E-state index is 14.7. The van der Waals surface area contributed by atoms with Crippen molar-refractivity contribution in [3.05, 3.63) is 301 Å². The molecule has 0 spiro atoms. The Bertz CT molecular complexity index is 4780. The zero-order chi connectivity index (χ0) is 59.1. The summed E-state index contributed by atoms with van der Waals surface area (Å²) in [7, 11) is -2.32. The number of halogens is 2. The molecule has 420 valence electrons. The molecule has 0 radical (unpaired) electrons. The molecule has 14 aromatic rings. The average molecular weight is 1150 g/mol. The van der Waals surface area contributed by atoms with E-state index in [4.69, 9.17) is 0 Å². The fourth-order valence-corrected chi connectivity index (χ4v) is 17.0. The van der Waals surface area contributed by atoms with Crippen molar-refractivity contribution in [2.45, 2.75) is 51.6 Å². The molecule has 0 amide bonds. The van der Waals surface area contributed by atoms with Gasteiger partial charge >= 0.3 is 0 Å². The summed E-state index contributed by atoms with van der Waals surface area (Å²) in [4.78, 5) is 4.55. The van der Waals surface area contributed by atoms with E-state index in [0.717, 1.165) is 78.3 Å². The van der Waals surface area contributed by atoms with Gasteiger partial charge in [-0.1, -0.05) is 172 Å². The molecule has 0 fully saturated rings. The number of benzene rings is 12. The van der Waals surface area contributed by atoms with Crippen LogP contribution < -0.4 is 20.2 Å². The summed E-state index contributed by atoms with van der Waals surface area (Å²) in [6.07, 6.45) is 0. The van der Waals surface area contributed by atoms with Crippen LogP contribution in [0, 0.1) is 11.6 Å². The van der Waals surface area contributed by atoms with E-state index in [1.165, 1.54) is 65.7 Å². The molecule has 2 aliphatic rings. The molecule has 0 unspecified atom stereocenters. The molecule has 0 aliphatic heterocycles. The van der Waals surface area contributed by atoms with Gasteiger partial charge in [0.2, 0.25) is 0 Å². The molecule has 12 aromatic carbocycles. The molecular weight excluding hydrogens is 1080 g/mol. The fourth-order valence-electron chi connectivity index (χ4n) is 14.7. The molecule has 0 N–H and O–H groups in total. The van der Waals surface area contributed by atoms with Gasteiger partial charge < -0.3 is 18.9 Å². The third-order valence-electron chi connectivity index (χ3n) is 19.3. The van der Waals surface area contributed by atoms with E-state index in [0.29, 0.717) is 0 Å². The van der Waals surface area contributed by atoms with Crippen LogP contribution in [0.4, 0.5) is 42.9 Å². The first kappa shape index (κ1) is 52.5. The summed E-state index contributed by atoms with van der Waals surface area (Å²) in [6, 6.07) is 93.9. The minimum absolute atomic E-state index is 0.266. The van der Waals surface area contributed by atoms with Gasteiger partial charge in [-0.2, -0.15) is 0 Å². The lowest BCUT2D eigenvalue weighted by atomic mass is 9.82. The third kappa shape index (κ3) is 8.13. The molecule has 2 aliphatic carbocycles. The van der Waals surface area contributed by atoms with Gasteiger partial charge in [0.15, 0.2) is 0 Å². The van der Waals surface area contributed by atoms with Crippen LogP contribution in [0.5, 0.6) is 0 Å². The van der Waals surface area contributed by atoms with E-state index >= 15 is 0 Å². The lowest BCUT2D eigenvalue weighted by Gasteiger charge is -2.30. The second-order valence-electron chi connectivity index (χ2n) is 25.3. The molecule has 0 bridgehead atoms. The van der Waals surface area contributed by atoms with Gasteiger partial charge in [0.1, 0.15) is 19.7 Å². The zero-order valence-electron chi connectivity index (χ0n) is 49.4. The number of nitrogens with zero attached hydrogens (tertiary/aromatic N) is 4. The van der Waals surface area contributed by atoms with Crippen LogP contribution in [-0.4, -0.2) is 17.2 Å². The van der Waals surface area contributed by atoms with E-state index in [1.54, 1.807) is 24.3 Å². The summed E-state index contributed by atoms with van der Waals surface area (Å²) < 4.78 is 34.1. The van der Waals surface area contributed by atoms with E-state index in [-0.39, 0.29) is 22.5 Å². The SMILES string of the molecule is CC1(C)c2cc(N(c3ccc(F)cc3)c3ccc4c(c3)c3ccccc3n4-c3ccccc3)ccc2-c2ccc([Si](C)(C)c3ccc4c(c3)C(C)(C)c3cc(N(c5ccc(F)cc5)c5ccc6c(c5)c5ccccc5n6-c5ccccc5)ccc3-4)cc21. The Labute approximate surface area is 507 Å². The smallest absolute Gasteiger partial charge is 0.123 e. The first-order valence-corrected chi connectivity index (χ1v) is 33.1. The van der Waals surface area contributed by atoms with Crippen molar-refractivity contribution in [2.75, 3.05) is 9.80 Å². The van der Waals surface area contributed by atoms with Crippen LogP contribution >= 0.6 is 0 Å². The minimum Gasteiger partial charge on any atom is -0.310 e. The second kappa shape index (κ2) is 19.5. The maximum Gasteiger partial charge on any atom is 0.123 e. The average Bonchev–Trinajstić information content (AvgIpc) is 2.02. The number of fused-ring (bicyclic) bond motifs is 12. The monoisotopic (exact) mass is 1140 g/mol. The van der Waals surface area contributed by atoms with Crippen LogP contribution in [0.15, 0.2) is 267 Å². The van der Waals surface area contributed by atoms with Crippen molar-refractivity contribution in [2.24, 2.45) is 0 Å². The standard InChI is InChI=1S/C80H62F2N4Si/c1-79(2)71-47-59(83(55-29-25-51(81)26-30-55)57-35-43-77-69(45-57)67-21-13-15-23-75(67)85(77)53-17-9-7-10-18-53)33-39-63(71)65-41-37-61(49-73(65)79)87(5,6)62-38-42-66-64-40-34-60(48-72(64)80(3,4)74(66)50-62)84(56-31-27-52(82)28-32-56)58-36-44-78-70(46-58)68-22-14-16-24-76(68)86(78)54-19-11-8-12-20-54/h7-50H,1-6H3. The number of hydrogen-bond donors (Lipinski definition) is 0. The predicted octanol–water partition coefficient (Wildman–Crippen LogP) is 20.5. The molecule has 0 saturated heterocycles. The third-order valence-corrected chi connectivity index (χ3v) is 22.8. The molecule has 0 saturated carbocycles. The van der Waals surface area contributed by atoms with E-state index in [2.05, 4.69) is 278 Å². The van der Waals surface area contributed by atoms with Gasteiger partial charge in [-0.05, 0) is 190 Å². The number of anilines is 6. The van der Waals surface area contributed by atoms with E-state index < -0.39 is 8.07 Å². The van der Waals surface area contributed by atoms with Crippen LogP contribution in [-0.2, 0) is 10.8 Å². The van der Waals surface area contributed by atoms with Crippen LogP contribution in [0.2, 0.25) is 13.1 Å². The quantitative estimate of drug-likeness (QED) is 0.127. The lowest BCUT2D eigenvalue weighted by molar-refractivity contribution is 0.627. The summed E-state index contributed by atoms with van der Waals surface area (Å²) >= 11 is 0. The predicted molar refractivity (Wildman–Crippen MR) is 363 cm³/mol. The molecule has 16 rings (SSSR count). The van der Waals surface area contributed by atoms with Gasteiger partial charge in [0.05, 0.1) is 22.1 Å². The van der Waals surface area contributed by atoms with Crippen molar-refractivity contribution in [3.8, 4) is 33.6 Å². The summed E-state index contributed by atoms with van der Waals surface area (Å²) in [5.74, 6) is -0.533. The first-order valence-electron chi connectivity index (χ1n) is 30.1. The van der Waals surface area contributed by atoms with Gasteiger partial charge in [0.25, 0.3) is 0 Å². The normalized spacial score (nSPS) is 13.7. The summed E-state index contributed by atoms with van der Waals surface area (Å²) in [5.41, 5.74) is 22.2. The number of rotatable bonds is 10. The molecular formula is C80H62F2N4Si. The van der Waals surface area contributed by atoms with E-state index in [1.807, 2.05) is 24.3 Å². The highest BCUT2D eigenvalue weighted by atomic mass is 28.3. The van der Waals surface area contributed by atoms with E-state index in [9.17, 15) is 8.78 Å². The maximum atomic E-state index is 14.7. The van der Waals surface area contributed by atoms with Crippen molar-refractivity contribution in [3.63, 3.8) is 0 Å². The summed E-state index contributed by atoms with van der Waals surface area (Å²) in [5, 5.41) is 7.44. The number of hydrogen-bond acceptors (Lipinski definition) is 2. The minimum atomic E-state index is -2.32. The Kier molecular flexibility index (Phi) is 11.7. The van der Waals surface area contributed by atoms with Gasteiger partial charge in [-0.3, -0.25) is 0 Å². The second-order valence-corrected chi connectivity index (χ2v) is 29.7. The van der Waals surface area contributed by atoms with Crippen molar-refractivity contribution < 1.29 is 8.78 Å². The topological polar surface area (TPSA) is 16.3 Å². The van der Waals surface area contributed by atoms with Gasteiger partial charge in [0, 0.05) is 77.9 Å². The lowest BCUT2D eigenvalue weighted by Crippen LogP contribution is -2.53. The first-order chi connectivity index (χ1) is 42.2. The van der Waals surface area contributed by atoms with Crippen molar-refractivity contribution in [1.29, 1.82) is 0 Å². The number of para-hydroxylation sites is 4. The highest BCUT2D eigenvalue weighted by Crippen LogP contribution is 2.53. The van der Waals surface area contributed by atoms with Crippen LogP contribution in [0.1, 0.15) is 49.9 Å². The Balaban J connectivity index is 0.734. The molecule has 0 atom stereocenters. The van der Waals surface area contributed by atoms with Gasteiger partial charge in [-0.15, -0.1) is 0 Å². The molecule has 2 aromatic heterocycles. The largest absolute Gasteiger partial charge is 0.310 e. The summed E-state index contributed by atoms with van der Waals surface area (Å²) in [6.45, 7) is 14.5. The Morgan fingerprint density at radius 3 is 1.01 bits per heavy atom. The van der Waals surface area contributed by atoms with Crippen LogP contribution in [0.3, 0.4) is 0 Å². The molecule has 2 heterocycles. The molecule has 7 heteroatoms. The Hall–Kier alpha value is -10.1. The fraction of sp³-hybridized carbons (Fsp3) is 0.100. The molecule has 87 heavy (non-hydrogen) atoms. The highest BCUT2D eigenvalue weighted by molar-refractivity contribution is 7.00. The number of aromatic nitrogens is 2. The van der Waals surface area contributed by atoms with Crippen molar-refractivity contribution >= 4 is 96.2 Å². The Morgan fingerprint density at radius 1 is 0.299 bits per heavy atom. The van der Waals surface area contributed by atoms with Crippen LogP contribution in [0.25, 0.3) is 77.2 Å². The highest BCUT2D eigenvalue weighted by Gasteiger charge is 2.41.